The van der Waals surface area contributed by atoms with Crippen molar-refractivity contribution in [3.05, 3.63) is 89.2 Å². The molecule has 1 heterocycles. The summed E-state index contributed by atoms with van der Waals surface area (Å²) in [6.07, 6.45) is 3.67. The van der Waals surface area contributed by atoms with Gasteiger partial charge < -0.3 is 15.5 Å². The summed E-state index contributed by atoms with van der Waals surface area (Å²) in [5, 5.41) is 22.1. The number of nitrogens with zero attached hydrogens (tertiary/aromatic N) is 1. The molecule has 3 aromatic rings. The third kappa shape index (κ3) is 4.02. The maximum Gasteiger partial charge on any atom is 0.259 e. The summed E-state index contributed by atoms with van der Waals surface area (Å²) in [4.78, 5) is 16.5. The number of hydrogen-bond donors (Lipinski definition) is 3. The number of rotatable bonds is 5. The Hall–Kier alpha value is -3.18. The van der Waals surface area contributed by atoms with Crippen molar-refractivity contribution >= 4 is 11.6 Å². The van der Waals surface area contributed by atoms with Gasteiger partial charge in [0.1, 0.15) is 5.75 Å². The molecule has 0 aliphatic carbocycles. The molecule has 25 heavy (non-hydrogen) atoms. The van der Waals surface area contributed by atoms with Gasteiger partial charge in [-0.1, -0.05) is 36.4 Å². The molecule has 0 atom stereocenters. The summed E-state index contributed by atoms with van der Waals surface area (Å²) in [5.74, 6) is -0.543. The molecular weight excluding hydrogens is 316 g/mol. The molecule has 1 aromatic heterocycles. The van der Waals surface area contributed by atoms with Gasteiger partial charge in [0, 0.05) is 11.8 Å². The van der Waals surface area contributed by atoms with Crippen LogP contribution in [0.3, 0.4) is 0 Å². The van der Waals surface area contributed by atoms with Gasteiger partial charge in [0.15, 0.2) is 0 Å². The third-order valence-electron chi connectivity index (χ3n) is 3.89. The van der Waals surface area contributed by atoms with Crippen molar-refractivity contribution in [2.45, 2.75) is 13.0 Å². The number of amides is 1. The van der Waals surface area contributed by atoms with E-state index in [2.05, 4.69) is 10.3 Å². The molecule has 5 nitrogen and oxygen atoms in total. The average Bonchev–Trinajstić information content (AvgIpc) is 2.64. The topological polar surface area (TPSA) is 82.5 Å². The Balaban J connectivity index is 1.83. The summed E-state index contributed by atoms with van der Waals surface area (Å²) in [5.41, 5.74) is 3.20. The molecule has 0 saturated heterocycles. The summed E-state index contributed by atoms with van der Waals surface area (Å²) >= 11 is 0. The van der Waals surface area contributed by atoms with Crippen LogP contribution in [0.1, 0.15) is 27.0 Å². The van der Waals surface area contributed by atoms with Crippen LogP contribution < -0.4 is 5.32 Å². The number of phenols is 1. The molecule has 0 spiro atoms. The average molecular weight is 334 g/mol. The van der Waals surface area contributed by atoms with Gasteiger partial charge in [-0.3, -0.25) is 9.78 Å². The fourth-order valence-electron chi connectivity index (χ4n) is 2.57. The number of benzene rings is 2. The highest BCUT2D eigenvalue weighted by atomic mass is 16.3. The maximum absolute atomic E-state index is 12.5. The van der Waals surface area contributed by atoms with Gasteiger partial charge in [0.05, 0.1) is 24.1 Å². The van der Waals surface area contributed by atoms with E-state index in [1.165, 1.54) is 12.3 Å². The first-order valence-electron chi connectivity index (χ1n) is 7.88. The fourth-order valence-corrected chi connectivity index (χ4v) is 2.57. The normalized spacial score (nSPS) is 10.4. The maximum atomic E-state index is 12.5. The van der Waals surface area contributed by atoms with Gasteiger partial charge in [-0.15, -0.1) is 0 Å². The van der Waals surface area contributed by atoms with Crippen molar-refractivity contribution in [1.82, 2.24) is 4.98 Å². The monoisotopic (exact) mass is 334 g/mol. The van der Waals surface area contributed by atoms with Crippen molar-refractivity contribution in [1.29, 1.82) is 0 Å². The molecule has 1 amide bonds. The Labute approximate surface area is 145 Å². The van der Waals surface area contributed by atoms with Crippen LogP contribution in [0, 0.1) is 0 Å². The zero-order chi connectivity index (χ0) is 17.6. The number of aliphatic hydroxyl groups excluding tert-OH is 1. The lowest BCUT2D eigenvalue weighted by Gasteiger charge is -2.11. The van der Waals surface area contributed by atoms with Crippen molar-refractivity contribution in [2.24, 2.45) is 0 Å². The number of aliphatic hydroxyl groups is 1. The number of aromatic hydroxyl groups is 1. The highest BCUT2D eigenvalue weighted by Gasteiger charge is 2.14. The second-order valence-corrected chi connectivity index (χ2v) is 5.66. The van der Waals surface area contributed by atoms with E-state index in [0.29, 0.717) is 17.7 Å². The molecule has 0 fully saturated rings. The Morgan fingerprint density at radius 3 is 2.60 bits per heavy atom. The lowest BCUT2D eigenvalue weighted by molar-refractivity contribution is 0.102. The molecule has 126 valence electrons. The zero-order valence-corrected chi connectivity index (χ0v) is 13.5. The minimum Gasteiger partial charge on any atom is -0.507 e. The van der Waals surface area contributed by atoms with Crippen LogP contribution in [0.2, 0.25) is 0 Å². The minimum atomic E-state index is -0.449. The summed E-state index contributed by atoms with van der Waals surface area (Å²) in [6.45, 7) is -0.210. The molecule has 0 bridgehead atoms. The van der Waals surface area contributed by atoms with E-state index >= 15 is 0 Å². The van der Waals surface area contributed by atoms with Gasteiger partial charge in [-0.25, -0.2) is 0 Å². The standard InChI is InChI=1S/C20H18N2O3/c23-13-16-8-9-21-12-18(16)22-20(25)17-11-15(6-7-19(17)24)10-14-4-2-1-3-5-14/h1-9,11-12,23-24H,10,13H2,(H,22,25). The molecule has 5 heteroatoms. The Morgan fingerprint density at radius 2 is 1.84 bits per heavy atom. The molecule has 0 aliphatic rings. The van der Waals surface area contributed by atoms with Crippen LogP contribution in [-0.2, 0) is 13.0 Å². The number of phenolic OH excluding ortho intramolecular Hbond substituents is 1. The Morgan fingerprint density at radius 1 is 1.04 bits per heavy atom. The van der Waals surface area contributed by atoms with Crippen molar-refractivity contribution in [3.8, 4) is 5.75 Å². The van der Waals surface area contributed by atoms with E-state index in [-0.39, 0.29) is 17.9 Å². The summed E-state index contributed by atoms with van der Waals surface area (Å²) in [7, 11) is 0. The highest BCUT2D eigenvalue weighted by molar-refractivity contribution is 6.06. The Kier molecular flexibility index (Phi) is 5.06. The number of pyridine rings is 1. The molecule has 0 unspecified atom stereocenters. The number of hydrogen-bond acceptors (Lipinski definition) is 4. The van der Waals surface area contributed by atoms with Crippen LogP contribution in [0.5, 0.6) is 5.75 Å². The van der Waals surface area contributed by atoms with Crippen LogP contribution in [0.4, 0.5) is 5.69 Å². The van der Waals surface area contributed by atoms with Crippen LogP contribution >= 0.6 is 0 Å². The molecular formula is C20H18N2O3. The minimum absolute atomic E-state index is 0.0937. The van der Waals surface area contributed by atoms with E-state index in [4.69, 9.17) is 0 Å². The quantitative estimate of drug-likeness (QED) is 0.669. The second-order valence-electron chi connectivity index (χ2n) is 5.66. The predicted octanol–water partition coefficient (Wildman–Crippen LogP) is 3.12. The van der Waals surface area contributed by atoms with Gasteiger partial charge in [-0.05, 0) is 35.7 Å². The largest absolute Gasteiger partial charge is 0.507 e. The SMILES string of the molecule is O=C(Nc1cnccc1CO)c1cc(Cc2ccccc2)ccc1O. The van der Waals surface area contributed by atoms with Crippen molar-refractivity contribution in [2.75, 3.05) is 5.32 Å². The number of carbonyl (C=O) groups excluding carboxylic acids is 1. The smallest absolute Gasteiger partial charge is 0.259 e. The van der Waals surface area contributed by atoms with Crippen molar-refractivity contribution < 1.29 is 15.0 Å². The lowest BCUT2D eigenvalue weighted by Crippen LogP contribution is -2.14. The van der Waals surface area contributed by atoms with Gasteiger partial charge in [0.25, 0.3) is 5.91 Å². The number of nitrogens with one attached hydrogen (secondary N) is 1. The van der Waals surface area contributed by atoms with Gasteiger partial charge in [0.2, 0.25) is 0 Å². The second kappa shape index (κ2) is 7.59. The van der Waals surface area contributed by atoms with Crippen LogP contribution in [0.25, 0.3) is 0 Å². The Bertz CT molecular complexity index is 879. The summed E-state index contributed by atoms with van der Waals surface area (Å²) < 4.78 is 0. The first-order chi connectivity index (χ1) is 12.2. The third-order valence-corrected chi connectivity index (χ3v) is 3.89. The fraction of sp³-hybridized carbons (Fsp3) is 0.100. The first kappa shape index (κ1) is 16.7. The zero-order valence-electron chi connectivity index (χ0n) is 13.5. The van der Waals surface area contributed by atoms with Crippen molar-refractivity contribution in [3.63, 3.8) is 0 Å². The van der Waals surface area contributed by atoms with E-state index in [9.17, 15) is 15.0 Å². The first-order valence-corrected chi connectivity index (χ1v) is 7.88. The molecule has 3 rings (SSSR count). The van der Waals surface area contributed by atoms with E-state index in [1.54, 1.807) is 24.4 Å². The van der Waals surface area contributed by atoms with Crippen LogP contribution in [-0.4, -0.2) is 21.1 Å². The molecule has 0 aliphatic heterocycles. The molecule has 0 radical (unpaired) electrons. The number of anilines is 1. The molecule has 2 aromatic carbocycles. The summed E-state index contributed by atoms with van der Waals surface area (Å²) in [6, 6.07) is 16.5. The van der Waals surface area contributed by atoms with Gasteiger partial charge in [-0.2, -0.15) is 0 Å². The number of aromatic nitrogens is 1. The predicted molar refractivity (Wildman–Crippen MR) is 95.5 cm³/mol. The van der Waals surface area contributed by atoms with E-state index in [0.717, 1.165) is 11.1 Å². The van der Waals surface area contributed by atoms with E-state index < -0.39 is 5.91 Å². The van der Waals surface area contributed by atoms with E-state index in [1.807, 2.05) is 30.3 Å². The molecule has 3 N–H and O–H groups in total. The highest BCUT2D eigenvalue weighted by Crippen LogP contribution is 2.23. The molecule has 0 saturated carbocycles. The lowest BCUT2D eigenvalue weighted by atomic mass is 10.0. The number of carbonyl (C=O) groups is 1. The van der Waals surface area contributed by atoms with Crippen LogP contribution in [0.15, 0.2) is 67.0 Å². The van der Waals surface area contributed by atoms with Gasteiger partial charge >= 0.3 is 0 Å².